The first-order chi connectivity index (χ1) is 9.12. The van der Waals surface area contributed by atoms with Gasteiger partial charge in [0.1, 0.15) is 5.82 Å². The van der Waals surface area contributed by atoms with E-state index in [-0.39, 0.29) is 5.92 Å². The summed E-state index contributed by atoms with van der Waals surface area (Å²) in [7, 11) is -3.39. The molecule has 4 N–H and O–H groups in total. The smallest absolute Gasteiger partial charge is 0.279 e. The third kappa shape index (κ3) is 4.00. The Kier molecular flexibility index (Phi) is 4.92. The van der Waals surface area contributed by atoms with E-state index in [1.54, 1.807) is 12.4 Å². The minimum atomic E-state index is -3.39. The first-order valence-corrected chi connectivity index (χ1v) is 7.99. The molecule has 19 heavy (non-hydrogen) atoms. The molecule has 0 spiro atoms. The van der Waals surface area contributed by atoms with E-state index < -0.39 is 10.2 Å². The van der Waals surface area contributed by atoms with Crippen molar-refractivity contribution in [2.45, 2.75) is 19.3 Å². The molecule has 1 aliphatic heterocycles. The Bertz CT molecular complexity index is 473. The van der Waals surface area contributed by atoms with E-state index in [4.69, 9.17) is 5.73 Å². The number of piperidine rings is 1. The first-order valence-electron chi connectivity index (χ1n) is 6.55. The van der Waals surface area contributed by atoms with Gasteiger partial charge in [0.25, 0.3) is 10.2 Å². The van der Waals surface area contributed by atoms with E-state index >= 15 is 0 Å². The van der Waals surface area contributed by atoms with Crippen molar-refractivity contribution in [2.24, 2.45) is 11.7 Å². The summed E-state index contributed by atoms with van der Waals surface area (Å²) in [5.74, 6) is 1.05. The zero-order valence-corrected chi connectivity index (χ0v) is 11.7. The van der Waals surface area contributed by atoms with Gasteiger partial charge in [-0.25, -0.2) is 9.71 Å². The maximum atomic E-state index is 12.1. The van der Waals surface area contributed by atoms with Gasteiger partial charge in [-0.1, -0.05) is 0 Å². The summed E-state index contributed by atoms with van der Waals surface area (Å²) in [6.45, 7) is 1.98. The minimum absolute atomic E-state index is 0.274. The Morgan fingerprint density at radius 3 is 3.11 bits per heavy atom. The second-order valence-electron chi connectivity index (χ2n) is 4.79. The highest BCUT2D eigenvalue weighted by Gasteiger charge is 2.27. The van der Waals surface area contributed by atoms with Crippen molar-refractivity contribution < 1.29 is 8.42 Å². The maximum absolute atomic E-state index is 12.1. The maximum Gasteiger partial charge on any atom is 0.279 e. The molecule has 2 heterocycles. The fraction of sp³-hybridized carbons (Fsp3) is 0.727. The zero-order valence-electron chi connectivity index (χ0n) is 10.9. The summed E-state index contributed by atoms with van der Waals surface area (Å²) in [5, 5.41) is 0. The molecule has 0 aliphatic carbocycles. The number of nitrogens with two attached hydrogens (primary N) is 1. The summed E-state index contributed by atoms with van der Waals surface area (Å²) < 4.78 is 28.3. The van der Waals surface area contributed by atoms with Gasteiger partial charge >= 0.3 is 0 Å². The van der Waals surface area contributed by atoms with Gasteiger partial charge in [0.2, 0.25) is 0 Å². The highest BCUT2D eigenvalue weighted by atomic mass is 32.2. The van der Waals surface area contributed by atoms with Crippen LogP contribution in [-0.4, -0.2) is 48.9 Å². The van der Waals surface area contributed by atoms with Crippen LogP contribution in [0.25, 0.3) is 0 Å². The van der Waals surface area contributed by atoms with E-state index in [0.29, 0.717) is 32.6 Å². The van der Waals surface area contributed by atoms with Gasteiger partial charge in [-0.15, -0.1) is 0 Å². The average Bonchev–Trinajstić information content (AvgIpc) is 2.92. The molecular formula is C11H21N5O2S. The van der Waals surface area contributed by atoms with E-state index in [2.05, 4.69) is 14.7 Å². The molecule has 1 unspecified atom stereocenters. The first kappa shape index (κ1) is 14.4. The fourth-order valence-electron chi connectivity index (χ4n) is 2.26. The third-order valence-corrected chi connectivity index (χ3v) is 4.94. The molecule has 8 heteroatoms. The summed E-state index contributed by atoms with van der Waals surface area (Å²) in [6.07, 6.45) is 5.82. The molecular weight excluding hydrogens is 266 g/mol. The van der Waals surface area contributed by atoms with Gasteiger partial charge in [-0.3, -0.25) is 0 Å². The topological polar surface area (TPSA) is 104 Å². The van der Waals surface area contributed by atoms with Crippen molar-refractivity contribution >= 4 is 10.2 Å². The second-order valence-corrected chi connectivity index (χ2v) is 6.54. The number of nitrogens with zero attached hydrogens (tertiary/aromatic N) is 2. The lowest BCUT2D eigenvalue weighted by atomic mass is 10.0. The van der Waals surface area contributed by atoms with Crippen LogP contribution in [0.5, 0.6) is 0 Å². The number of aromatic amines is 1. The summed E-state index contributed by atoms with van der Waals surface area (Å²) in [5.41, 5.74) is 5.62. The Morgan fingerprint density at radius 1 is 1.58 bits per heavy atom. The normalized spacial score (nSPS) is 21.6. The van der Waals surface area contributed by atoms with Crippen LogP contribution >= 0.6 is 0 Å². The van der Waals surface area contributed by atoms with Crippen molar-refractivity contribution in [1.29, 1.82) is 0 Å². The molecule has 0 bridgehead atoms. The molecule has 1 saturated heterocycles. The SMILES string of the molecule is NCC1CCCN(S(=O)(=O)NCCc2ncc[nH]2)C1. The van der Waals surface area contributed by atoms with Crippen molar-refractivity contribution in [2.75, 3.05) is 26.2 Å². The Balaban J connectivity index is 1.83. The lowest BCUT2D eigenvalue weighted by molar-refractivity contribution is 0.269. The number of aromatic nitrogens is 2. The largest absolute Gasteiger partial charge is 0.349 e. The summed E-state index contributed by atoms with van der Waals surface area (Å²) in [4.78, 5) is 7.00. The molecule has 1 aliphatic rings. The van der Waals surface area contributed by atoms with E-state index in [0.717, 1.165) is 18.7 Å². The van der Waals surface area contributed by atoms with E-state index in [1.165, 1.54) is 4.31 Å². The predicted molar refractivity (Wildman–Crippen MR) is 72.6 cm³/mol. The number of hydrogen-bond donors (Lipinski definition) is 3. The molecule has 1 aromatic rings. The van der Waals surface area contributed by atoms with Crippen LogP contribution < -0.4 is 10.5 Å². The number of hydrogen-bond acceptors (Lipinski definition) is 4. The van der Waals surface area contributed by atoms with Gasteiger partial charge in [-0.05, 0) is 25.3 Å². The molecule has 0 radical (unpaired) electrons. The second kappa shape index (κ2) is 6.47. The molecule has 1 fully saturated rings. The highest BCUT2D eigenvalue weighted by molar-refractivity contribution is 7.87. The van der Waals surface area contributed by atoms with Crippen LogP contribution in [0, 0.1) is 5.92 Å². The van der Waals surface area contributed by atoms with Gasteiger partial charge in [-0.2, -0.15) is 12.7 Å². The predicted octanol–water partition coefficient (Wildman–Crippen LogP) is -0.543. The van der Waals surface area contributed by atoms with Crippen LogP contribution in [0.15, 0.2) is 12.4 Å². The number of nitrogens with one attached hydrogen (secondary N) is 2. The number of imidazole rings is 1. The van der Waals surface area contributed by atoms with E-state index in [1.807, 2.05) is 0 Å². The van der Waals surface area contributed by atoms with Gasteiger partial charge in [0.05, 0.1) is 0 Å². The van der Waals surface area contributed by atoms with E-state index in [9.17, 15) is 8.42 Å². The van der Waals surface area contributed by atoms with Gasteiger partial charge in [0, 0.05) is 38.4 Å². The Morgan fingerprint density at radius 2 is 2.42 bits per heavy atom. The molecule has 2 rings (SSSR count). The zero-order chi connectivity index (χ0) is 13.7. The molecule has 108 valence electrons. The quantitative estimate of drug-likeness (QED) is 0.653. The van der Waals surface area contributed by atoms with Crippen molar-refractivity contribution in [3.8, 4) is 0 Å². The molecule has 1 aromatic heterocycles. The van der Waals surface area contributed by atoms with Crippen LogP contribution in [0.4, 0.5) is 0 Å². The molecule has 0 amide bonds. The molecule has 0 saturated carbocycles. The molecule has 1 atom stereocenters. The third-order valence-electron chi connectivity index (χ3n) is 3.36. The molecule has 7 nitrogen and oxygen atoms in total. The summed E-state index contributed by atoms with van der Waals surface area (Å²) in [6, 6.07) is 0. The highest BCUT2D eigenvalue weighted by Crippen LogP contribution is 2.17. The average molecular weight is 287 g/mol. The Labute approximate surface area is 113 Å². The minimum Gasteiger partial charge on any atom is -0.349 e. The van der Waals surface area contributed by atoms with Crippen molar-refractivity contribution in [3.63, 3.8) is 0 Å². The van der Waals surface area contributed by atoms with Crippen LogP contribution in [-0.2, 0) is 16.6 Å². The molecule has 0 aromatic carbocycles. The van der Waals surface area contributed by atoms with Crippen LogP contribution in [0.2, 0.25) is 0 Å². The van der Waals surface area contributed by atoms with Crippen LogP contribution in [0.3, 0.4) is 0 Å². The number of H-pyrrole nitrogens is 1. The number of rotatable bonds is 6. The van der Waals surface area contributed by atoms with Gasteiger partial charge < -0.3 is 10.7 Å². The summed E-state index contributed by atoms with van der Waals surface area (Å²) >= 11 is 0. The Hall–Kier alpha value is -0.960. The van der Waals surface area contributed by atoms with Crippen LogP contribution in [0.1, 0.15) is 18.7 Å². The lowest BCUT2D eigenvalue weighted by Gasteiger charge is -2.31. The van der Waals surface area contributed by atoms with Gasteiger partial charge in [0.15, 0.2) is 0 Å². The monoisotopic (exact) mass is 287 g/mol. The standard InChI is InChI=1S/C11H21N5O2S/c12-8-10-2-1-7-16(9-10)19(17,18)15-4-3-11-13-5-6-14-11/h5-6,10,15H,1-4,7-9,12H2,(H,13,14). The lowest BCUT2D eigenvalue weighted by Crippen LogP contribution is -2.47. The van der Waals surface area contributed by atoms with Crippen molar-refractivity contribution in [3.05, 3.63) is 18.2 Å². The fourth-order valence-corrected chi connectivity index (χ4v) is 3.58. The van der Waals surface area contributed by atoms with Crippen molar-refractivity contribution in [1.82, 2.24) is 19.0 Å².